The first-order chi connectivity index (χ1) is 8.45. The summed E-state index contributed by atoms with van der Waals surface area (Å²) in [6.45, 7) is 5.83. The Morgan fingerprint density at radius 3 is 2.83 bits per heavy atom. The van der Waals surface area contributed by atoms with Gasteiger partial charge in [-0.25, -0.2) is 4.79 Å². The second kappa shape index (κ2) is 6.36. The maximum Gasteiger partial charge on any atom is 0.330 e. The Balaban J connectivity index is 3.24. The highest BCUT2D eigenvalue weighted by molar-refractivity contribution is 9.10. The van der Waals surface area contributed by atoms with Gasteiger partial charge in [-0.15, -0.1) is 6.58 Å². The SMILES string of the molecule is C=CCNC(C)(C(=O)OC)c1ccc(Br)cc1Cl. The van der Waals surface area contributed by atoms with Crippen LogP contribution in [0.3, 0.4) is 0 Å². The summed E-state index contributed by atoms with van der Waals surface area (Å²) in [6.07, 6.45) is 1.67. The van der Waals surface area contributed by atoms with Crippen molar-refractivity contribution < 1.29 is 9.53 Å². The maximum absolute atomic E-state index is 12.0. The van der Waals surface area contributed by atoms with E-state index in [9.17, 15) is 4.79 Å². The van der Waals surface area contributed by atoms with Gasteiger partial charge in [0.1, 0.15) is 5.54 Å². The fraction of sp³-hybridized carbons (Fsp3) is 0.308. The Bertz CT molecular complexity index is 464. The summed E-state index contributed by atoms with van der Waals surface area (Å²) in [4.78, 5) is 12.0. The van der Waals surface area contributed by atoms with E-state index in [0.717, 1.165) is 4.47 Å². The average Bonchev–Trinajstić information content (AvgIpc) is 2.34. The summed E-state index contributed by atoms with van der Waals surface area (Å²) >= 11 is 9.52. The second-order valence-electron chi connectivity index (χ2n) is 3.91. The molecule has 0 fully saturated rings. The van der Waals surface area contributed by atoms with Crippen molar-refractivity contribution >= 4 is 33.5 Å². The molecule has 5 heteroatoms. The molecule has 98 valence electrons. The molecule has 0 bridgehead atoms. The van der Waals surface area contributed by atoms with Gasteiger partial charge in [0, 0.05) is 21.6 Å². The number of esters is 1. The zero-order valence-electron chi connectivity index (χ0n) is 10.3. The summed E-state index contributed by atoms with van der Waals surface area (Å²) in [5.74, 6) is -0.395. The lowest BCUT2D eigenvalue weighted by Crippen LogP contribution is -2.47. The first kappa shape index (κ1) is 15.2. The standard InChI is InChI=1S/C13H15BrClNO2/c1-4-7-16-13(2,12(17)18-3)10-6-5-9(14)8-11(10)15/h4-6,8,16H,1,7H2,2-3H3. The number of carbonyl (C=O) groups is 1. The Kier molecular flexibility index (Phi) is 5.38. The van der Waals surface area contributed by atoms with Crippen LogP contribution in [0.2, 0.25) is 5.02 Å². The lowest BCUT2D eigenvalue weighted by atomic mass is 9.92. The normalized spacial score (nSPS) is 13.8. The maximum atomic E-state index is 12.0. The van der Waals surface area contributed by atoms with Gasteiger partial charge in [-0.05, 0) is 19.1 Å². The molecule has 1 aromatic carbocycles. The van der Waals surface area contributed by atoms with E-state index in [2.05, 4.69) is 27.8 Å². The van der Waals surface area contributed by atoms with E-state index in [0.29, 0.717) is 17.1 Å². The summed E-state index contributed by atoms with van der Waals surface area (Å²) < 4.78 is 5.70. The van der Waals surface area contributed by atoms with Crippen molar-refractivity contribution in [2.45, 2.75) is 12.5 Å². The third-order valence-corrected chi connectivity index (χ3v) is 3.47. The number of nitrogens with one attached hydrogen (secondary N) is 1. The van der Waals surface area contributed by atoms with Gasteiger partial charge in [0.05, 0.1) is 7.11 Å². The van der Waals surface area contributed by atoms with Crippen LogP contribution < -0.4 is 5.32 Å². The molecule has 0 saturated heterocycles. The van der Waals surface area contributed by atoms with Crippen LogP contribution >= 0.6 is 27.5 Å². The van der Waals surface area contributed by atoms with Crippen molar-refractivity contribution in [3.63, 3.8) is 0 Å². The topological polar surface area (TPSA) is 38.3 Å². The molecular formula is C13H15BrClNO2. The number of carbonyl (C=O) groups excluding carboxylic acids is 1. The highest BCUT2D eigenvalue weighted by atomic mass is 79.9. The number of methoxy groups -OCH3 is 1. The molecule has 0 amide bonds. The van der Waals surface area contributed by atoms with E-state index < -0.39 is 11.5 Å². The number of halogens is 2. The largest absolute Gasteiger partial charge is 0.467 e. The molecular weight excluding hydrogens is 318 g/mol. The molecule has 3 nitrogen and oxygen atoms in total. The van der Waals surface area contributed by atoms with Crippen LogP contribution in [0.15, 0.2) is 35.3 Å². The molecule has 0 aromatic heterocycles. The van der Waals surface area contributed by atoms with Crippen LogP contribution in [0.25, 0.3) is 0 Å². The molecule has 0 heterocycles. The Hall–Kier alpha value is -0.840. The zero-order chi connectivity index (χ0) is 13.8. The van der Waals surface area contributed by atoms with Crippen molar-refractivity contribution in [1.29, 1.82) is 0 Å². The molecule has 1 unspecified atom stereocenters. The van der Waals surface area contributed by atoms with Gasteiger partial charge in [-0.3, -0.25) is 5.32 Å². The minimum absolute atomic E-state index is 0.395. The van der Waals surface area contributed by atoms with Gasteiger partial charge in [-0.2, -0.15) is 0 Å². The second-order valence-corrected chi connectivity index (χ2v) is 5.23. The van der Waals surface area contributed by atoms with Crippen LogP contribution in [0.1, 0.15) is 12.5 Å². The monoisotopic (exact) mass is 331 g/mol. The zero-order valence-corrected chi connectivity index (χ0v) is 12.6. The van der Waals surface area contributed by atoms with Gasteiger partial charge >= 0.3 is 5.97 Å². The average molecular weight is 333 g/mol. The number of ether oxygens (including phenoxy) is 1. The molecule has 0 spiro atoms. The Morgan fingerprint density at radius 1 is 1.67 bits per heavy atom. The predicted octanol–water partition coefficient (Wildman–Crippen LogP) is 3.27. The van der Waals surface area contributed by atoms with E-state index in [4.69, 9.17) is 16.3 Å². The summed E-state index contributed by atoms with van der Waals surface area (Å²) in [6, 6.07) is 5.37. The van der Waals surface area contributed by atoms with Crippen molar-refractivity contribution in [3.05, 3.63) is 45.9 Å². The van der Waals surface area contributed by atoms with Gasteiger partial charge in [0.25, 0.3) is 0 Å². The molecule has 18 heavy (non-hydrogen) atoms. The van der Waals surface area contributed by atoms with E-state index in [-0.39, 0.29) is 0 Å². The van der Waals surface area contributed by atoms with Crippen LogP contribution in [0, 0.1) is 0 Å². The van der Waals surface area contributed by atoms with Crippen molar-refractivity contribution in [1.82, 2.24) is 5.32 Å². The predicted molar refractivity (Wildman–Crippen MR) is 76.7 cm³/mol. The minimum Gasteiger partial charge on any atom is -0.467 e. The third-order valence-electron chi connectivity index (χ3n) is 2.66. The first-order valence-electron chi connectivity index (χ1n) is 5.35. The Morgan fingerprint density at radius 2 is 2.33 bits per heavy atom. The van der Waals surface area contributed by atoms with Crippen molar-refractivity contribution in [2.24, 2.45) is 0 Å². The number of hydrogen-bond donors (Lipinski definition) is 1. The van der Waals surface area contributed by atoms with E-state index in [1.54, 1.807) is 25.1 Å². The number of hydrogen-bond acceptors (Lipinski definition) is 3. The van der Waals surface area contributed by atoms with Gasteiger partial charge < -0.3 is 4.74 Å². The van der Waals surface area contributed by atoms with Crippen molar-refractivity contribution in [3.8, 4) is 0 Å². The fourth-order valence-corrected chi connectivity index (χ4v) is 2.52. The van der Waals surface area contributed by atoms with Gasteiger partial charge in [0.15, 0.2) is 0 Å². The fourth-order valence-electron chi connectivity index (χ4n) is 1.65. The highest BCUT2D eigenvalue weighted by Crippen LogP contribution is 2.31. The molecule has 1 rings (SSSR count). The number of rotatable bonds is 5. The summed E-state index contributed by atoms with van der Waals surface area (Å²) in [5.41, 5.74) is -0.332. The molecule has 0 radical (unpaired) electrons. The van der Waals surface area contributed by atoms with E-state index in [1.165, 1.54) is 7.11 Å². The highest BCUT2D eigenvalue weighted by Gasteiger charge is 2.37. The van der Waals surface area contributed by atoms with Crippen LogP contribution in [-0.4, -0.2) is 19.6 Å². The molecule has 0 aliphatic heterocycles. The van der Waals surface area contributed by atoms with E-state index in [1.807, 2.05) is 6.07 Å². The molecule has 1 atom stereocenters. The van der Waals surface area contributed by atoms with Crippen LogP contribution in [0.5, 0.6) is 0 Å². The molecule has 0 aliphatic rings. The molecule has 1 N–H and O–H groups in total. The van der Waals surface area contributed by atoms with Gasteiger partial charge in [-0.1, -0.05) is 39.7 Å². The first-order valence-corrected chi connectivity index (χ1v) is 6.52. The van der Waals surface area contributed by atoms with Crippen LogP contribution in [0.4, 0.5) is 0 Å². The lowest BCUT2D eigenvalue weighted by molar-refractivity contribution is -0.148. The van der Waals surface area contributed by atoms with Gasteiger partial charge in [0.2, 0.25) is 0 Å². The third kappa shape index (κ3) is 3.13. The molecule has 0 aliphatic carbocycles. The van der Waals surface area contributed by atoms with Crippen molar-refractivity contribution in [2.75, 3.05) is 13.7 Å². The van der Waals surface area contributed by atoms with Crippen LogP contribution in [-0.2, 0) is 15.1 Å². The Labute approximate surface area is 120 Å². The minimum atomic E-state index is -0.999. The summed E-state index contributed by atoms with van der Waals surface area (Å²) in [5, 5.41) is 3.58. The quantitative estimate of drug-likeness (QED) is 0.664. The summed E-state index contributed by atoms with van der Waals surface area (Å²) in [7, 11) is 1.35. The molecule has 0 saturated carbocycles. The van der Waals surface area contributed by atoms with E-state index >= 15 is 0 Å². The smallest absolute Gasteiger partial charge is 0.330 e. The molecule has 1 aromatic rings. The number of benzene rings is 1. The lowest BCUT2D eigenvalue weighted by Gasteiger charge is -2.29.